The quantitative estimate of drug-likeness (QED) is 0.816. The Kier molecular flexibility index (Phi) is 4.58. The maximum absolute atomic E-state index is 10.6. The van der Waals surface area contributed by atoms with Crippen LogP contribution in [-0.4, -0.2) is 23.0 Å². The summed E-state index contributed by atoms with van der Waals surface area (Å²) in [6, 6.07) is 8.62. The Bertz CT molecular complexity index is 628. The maximum Gasteiger partial charge on any atom is 0.356 e. The van der Waals surface area contributed by atoms with E-state index in [1.165, 1.54) is 37.2 Å². The molecule has 0 saturated carbocycles. The smallest absolute Gasteiger partial charge is 0.356 e. The van der Waals surface area contributed by atoms with Crippen LogP contribution in [0.15, 0.2) is 42.9 Å². The molecule has 1 aromatic heterocycles. The van der Waals surface area contributed by atoms with Crippen LogP contribution in [0.4, 0.5) is 0 Å². The van der Waals surface area contributed by atoms with Gasteiger partial charge in [-0.3, -0.25) is 0 Å². The number of ether oxygens (including phenoxy) is 1. The zero-order chi connectivity index (χ0) is 15.3. The van der Waals surface area contributed by atoms with Gasteiger partial charge in [0.15, 0.2) is 0 Å². The number of methoxy groups -OCH3 is 1. The molecule has 0 atom stereocenters. The van der Waals surface area contributed by atoms with Crippen LogP contribution >= 0.6 is 0 Å². The van der Waals surface area contributed by atoms with E-state index in [2.05, 4.69) is 65.0 Å². The predicted molar refractivity (Wildman–Crippen MR) is 82.9 cm³/mol. The lowest BCUT2D eigenvalue weighted by molar-refractivity contribution is 0.0594. The number of hydrogen-bond donors (Lipinski definition) is 1. The summed E-state index contributed by atoms with van der Waals surface area (Å²) in [6.45, 7) is 4.55. The predicted octanol–water partition coefficient (Wildman–Crippen LogP) is 3.48. The summed E-state index contributed by atoms with van der Waals surface area (Å²) < 4.78 is 4.38. The molecule has 1 aromatic carbocycles. The van der Waals surface area contributed by atoms with Crippen molar-refractivity contribution in [2.45, 2.75) is 20.3 Å². The van der Waals surface area contributed by atoms with Crippen molar-refractivity contribution in [1.29, 1.82) is 0 Å². The Morgan fingerprint density at radius 3 is 2.76 bits per heavy atom. The van der Waals surface area contributed by atoms with Crippen molar-refractivity contribution in [2.75, 3.05) is 7.11 Å². The molecule has 0 spiro atoms. The molecule has 0 unspecified atom stereocenters. The minimum absolute atomic E-state index is 0.342. The number of benzene rings is 1. The second-order valence-electron chi connectivity index (χ2n) is 5.65. The number of esters is 1. The summed E-state index contributed by atoms with van der Waals surface area (Å²) in [5.74, 6) is -0.396. The first-order valence-electron chi connectivity index (χ1n) is 6.86. The number of nitrogens with zero attached hydrogens (tertiary/aromatic N) is 1. The zero-order valence-electron chi connectivity index (χ0n) is 12.6. The molecule has 2 aromatic rings. The van der Waals surface area contributed by atoms with Crippen LogP contribution < -0.4 is 0 Å². The number of carbonyl (C=O) groups is 1. The van der Waals surface area contributed by atoms with Gasteiger partial charge in [-0.25, -0.2) is 9.78 Å². The minimum atomic E-state index is -0.396. The lowest BCUT2D eigenvalue weighted by Gasteiger charge is -2.25. The highest BCUT2D eigenvalue weighted by molar-refractivity contribution is 5.86. The third kappa shape index (κ3) is 4.05. The summed E-state index contributed by atoms with van der Waals surface area (Å²) in [5.41, 5.74) is 3.58. The molecule has 1 heterocycles. The molecule has 4 nitrogen and oxygen atoms in total. The van der Waals surface area contributed by atoms with Crippen molar-refractivity contribution in [2.24, 2.45) is 5.41 Å². The first-order chi connectivity index (χ1) is 10.0. The van der Waals surface area contributed by atoms with Crippen molar-refractivity contribution in [3.05, 3.63) is 59.7 Å². The molecule has 1 N–H and O–H groups in total. The highest BCUT2D eigenvalue weighted by Gasteiger charge is 2.19. The van der Waals surface area contributed by atoms with E-state index in [0.29, 0.717) is 11.1 Å². The highest BCUT2D eigenvalue weighted by atomic mass is 16.5. The van der Waals surface area contributed by atoms with Crippen LogP contribution in [0.25, 0.3) is 6.08 Å². The Labute approximate surface area is 124 Å². The van der Waals surface area contributed by atoms with E-state index in [4.69, 9.17) is 0 Å². The highest BCUT2D eigenvalue weighted by Crippen LogP contribution is 2.31. The van der Waals surface area contributed by atoms with Crippen molar-refractivity contribution in [3.8, 4) is 0 Å². The third-order valence-corrected chi connectivity index (χ3v) is 3.32. The number of allylic oxidation sites excluding steroid dienone is 1. The number of H-pyrrole nitrogens is 1. The first kappa shape index (κ1) is 15.0. The molecule has 0 saturated heterocycles. The molecule has 0 bridgehead atoms. The van der Waals surface area contributed by atoms with E-state index in [9.17, 15) is 4.79 Å². The Morgan fingerprint density at radius 1 is 1.33 bits per heavy atom. The SMILES string of the molecule is CC1(C)C=Cc2ccccc2C1.COC(=O)c1cnc[nH]1. The topological polar surface area (TPSA) is 55.0 Å². The van der Waals surface area contributed by atoms with Gasteiger partial charge in [0.1, 0.15) is 5.69 Å². The van der Waals surface area contributed by atoms with E-state index in [1.54, 1.807) is 0 Å². The fourth-order valence-corrected chi connectivity index (χ4v) is 2.20. The lowest BCUT2D eigenvalue weighted by Crippen LogP contribution is -2.15. The molecule has 110 valence electrons. The van der Waals surface area contributed by atoms with Crippen LogP contribution in [0.5, 0.6) is 0 Å². The Morgan fingerprint density at radius 2 is 2.10 bits per heavy atom. The van der Waals surface area contributed by atoms with Crippen LogP contribution in [0.1, 0.15) is 35.5 Å². The van der Waals surface area contributed by atoms with E-state index in [-0.39, 0.29) is 0 Å². The van der Waals surface area contributed by atoms with Crippen molar-refractivity contribution < 1.29 is 9.53 Å². The van der Waals surface area contributed by atoms with Gasteiger partial charge in [-0.1, -0.05) is 50.3 Å². The summed E-state index contributed by atoms with van der Waals surface area (Å²) in [4.78, 5) is 16.8. The normalized spacial score (nSPS) is 14.6. The van der Waals surface area contributed by atoms with Crippen LogP contribution in [0.3, 0.4) is 0 Å². The maximum atomic E-state index is 10.6. The molecule has 1 aliphatic rings. The molecule has 0 amide bonds. The third-order valence-electron chi connectivity index (χ3n) is 3.32. The Hall–Kier alpha value is -2.36. The number of imidazole rings is 1. The molecule has 1 aliphatic carbocycles. The van der Waals surface area contributed by atoms with Gasteiger partial charge in [0, 0.05) is 0 Å². The Balaban J connectivity index is 0.000000161. The number of carbonyl (C=O) groups excluding carboxylic acids is 1. The van der Waals surface area contributed by atoms with Crippen LogP contribution in [-0.2, 0) is 11.2 Å². The average Bonchev–Trinajstić information content (AvgIpc) is 3.00. The number of rotatable bonds is 1. The number of aromatic amines is 1. The van der Waals surface area contributed by atoms with Crippen molar-refractivity contribution >= 4 is 12.0 Å². The van der Waals surface area contributed by atoms with Gasteiger partial charge in [0.2, 0.25) is 0 Å². The minimum Gasteiger partial charge on any atom is -0.464 e. The van der Waals surface area contributed by atoms with Gasteiger partial charge in [-0.2, -0.15) is 0 Å². The van der Waals surface area contributed by atoms with E-state index < -0.39 is 5.97 Å². The molecule has 0 aliphatic heterocycles. The summed E-state index contributed by atoms with van der Waals surface area (Å²) in [6.07, 6.45) is 8.53. The zero-order valence-corrected chi connectivity index (χ0v) is 12.6. The molecule has 21 heavy (non-hydrogen) atoms. The first-order valence-corrected chi connectivity index (χ1v) is 6.86. The van der Waals surface area contributed by atoms with Gasteiger partial charge < -0.3 is 9.72 Å². The molecule has 0 fully saturated rings. The summed E-state index contributed by atoms with van der Waals surface area (Å²) in [7, 11) is 1.32. The molecule has 3 rings (SSSR count). The van der Waals surface area contributed by atoms with Crippen LogP contribution in [0, 0.1) is 5.41 Å². The largest absolute Gasteiger partial charge is 0.464 e. The molecular weight excluding hydrogens is 264 g/mol. The van der Waals surface area contributed by atoms with Gasteiger partial charge in [0.05, 0.1) is 19.6 Å². The number of fused-ring (bicyclic) bond motifs is 1. The molecular formula is C17H20N2O2. The van der Waals surface area contributed by atoms with Gasteiger partial charge in [0.25, 0.3) is 0 Å². The monoisotopic (exact) mass is 284 g/mol. The fourth-order valence-electron chi connectivity index (χ4n) is 2.20. The number of nitrogens with one attached hydrogen (secondary N) is 1. The van der Waals surface area contributed by atoms with E-state index in [0.717, 1.165) is 0 Å². The lowest BCUT2D eigenvalue weighted by atomic mass is 9.80. The standard InChI is InChI=1S/C12H14.C5H6N2O2/c1-12(2)8-7-10-5-3-4-6-11(10)9-12;1-9-5(8)4-2-6-3-7-4/h3-8H,9H2,1-2H3;2-3H,1H3,(H,6,7). The molecule has 4 heteroatoms. The average molecular weight is 284 g/mol. The number of aromatic nitrogens is 2. The van der Waals surface area contributed by atoms with E-state index in [1.807, 2.05) is 0 Å². The summed E-state index contributed by atoms with van der Waals surface area (Å²) in [5, 5.41) is 0. The van der Waals surface area contributed by atoms with E-state index >= 15 is 0 Å². The molecule has 0 radical (unpaired) electrons. The second kappa shape index (κ2) is 6.39. The summed E-state index contributed by atoms with van der Waals surface area (Å²) >= 11 is 0. The second-order valence-corrected chi connectivity index (χ2v) is 5.65. The van der Waals surface area contributed by atoms with Crippen LogP contribution in [0.2, 0.25) is 0 Å². The van der Waals surface area contributed by atoms with Crippen molar-refractivity contribution in [3.63, 3.8) is 0 Å². The number of hydrogen-bond acceptors (Lipinski definition) is 3. The fraction of sp³-hybridized carbons (Fsp3) is 0.294. The van der Waals surface area contributed by atoms with Gasteiger partial charge in [-0.05, 0) is 23.0 Å². The van der Waals surface area contributed by atoms with Crippen molar-refractivity contribution in [1.82, 2.24) is 9.97 Å². The van der Waals surface area contributed by atoms with Gasteiger partial charge >= 0.3 is 5.97 Å². The van der Waals surface area contributed by atoms with Gasteiger partial charge in [-0.15, -0.1) is 0 Å².